The lowest BCUT2D eigenvalue weighted by atomic mass is 9.98. The lowest BCUT2D eigenvalue weighted by Crippen LogP contribution is -1.94. The number of aromatic nitrogens is 2. The molecule has 0 bridgehead atoms. The van der Waals surface area contributed by atoms with Crippen molar-refractivity contribution in [1.29, 1.82) is 5.26 Å². The first-order chi connectivity index (χ1) is 24.7. The van der Waals surface area contributed by atoms with Gasteiger partial charge in [0.25, 0.3) is 0 Å². The van der Waals surface area contributed by atoms with E-state index in [2.05, 4.69) is 167 Å². The van der Waals surface area contributed by atoms with Gasteiger partial charge in [0.1, 0.15) is 0 Å². The molecule has 0 saturated carbocycles. The maximum atomic E-state index is 9.32. The minimum absolute atomic E-state index is 0.660. The molecular formula is C47H29N3. The third kappa shape index (κ3) is 4.36. The molecule has 3 heteroatoms. The molecule has 0 atom stereocenters. The Kier molecular flexibility index (Phi) is 6.24. The number of hydrogen-bond acceptors (Lipinski definition) is 1. The van der Waals surface area contributed by atoms with Gasteiger partial charge in [0.15, 0.2) is 0 Å². The molecule has 0 spiro atoms. The quantitative estimate of drug-likeness (QED) is 0.189. The molecule has 3 nitrogen and oxygen atoms in total. The molecule has 0 aliphatic carbocycles. The molecule has 10 rings (SSSR count). The zero-order valence-electron chi connectivity index (χ0n) is 27.1. The Balaban J connectivity index is 1.06. The summed E-state index contributed by atoms with van der Waals surface area (Å²) >= 11 is 0. The molecule has 0 unspecified atom stereocenters. The van der Waals surface area contributed by atoms with Gasteiger partial charge in [-0.3, -0.25) is 0 Å². The summed E-state index contributed by atoms with van der Waals surface area (Å²) in [5, 5.41) is 16.7. The van der Waals surface area contributed by atoms with Crippen LogP contribution in [0, 0.1) is 11.3 Å². The zero-order valence-corrected chi connectivity index (χ0v) is 27.1. The van der Waals surface area contributed by atoms with E-state index in [4.69, 9.17) is 0 Å². The topological polar surface area (TPSA) is 33.6 Å². The minimum atomic E-state index is 0.660. The van der Waals surface area contributed by atoms with Crippen LogP contribution >= 0.6 is 0 Å². The molecule has 0 fully saturated rings. The molecule has 0 amide bonds. The maximum Gasteiger partial charge on any atom is 0.0991 e. The third-order valence-corrected chi connectivity index (χ3v) is 10.1. The van der Waals surface area contributed by atoms with E-state index in [0.717, 1.165) is 16.7 Å². The Hall–Kier alpha value is -6.89. The number of benzene rings is 8. The van der Waals surface area contributed by atoms with Crippen LogP contribution in [0.2, 0.25) is 0 Å². The first-order valence-corrected chi connectivity index (χ1v) is 16.9. The van der Waals surface area contributed by atoms with Gasteiger partial charge in [-0.15, -0.1) is 0 Å². The van der Waals surface area contributed by atoms with Gasteiger partial charge in [0, 0.05) is 32.9 Å². The van der Waals surface area contributed by atoms with Crippen molar-refractivity contribution < 1.29 is 0 Å². The normalized spacial score (nSPS) is 11.6. The Morgan fingerprint density at radius 2 is 0.860 bits per heavy atom. The molecule has 0 radical (unpaired) electrons. The highest BCUT2D eigenvalue weighted by Gasteiger charge is 2.15. The molecular weight excluding hydrogens is 607 g/mol. The second-order valence-electron chi connectivity index (χ2n) is 12.9. The molecule has 0 saturated heterocycles. The van der Waals surface area contributed by atoms with Gasteiger partial charge in [0.2, 0.25) is 0 Å². The summed E-state index contributed by atoms with van der Waals surface area (Å²) in [6, 6.07) is 65.1. The van der Waals surface area contributed by atoms with Crippen LogP contribution in [0.25, 0.3) is 88.0 Å². The molecule has 0 N–H and O–H groups in total. The van der Waals surface area contributed by atoms with Crippen LogP contribution in [0.5, 0.6) is 0 Å². The largest absolute Gasteiger partial charge is 0.309 e. The molecule has 2 aromatic heterocycles. The van der Waals surface area contributed by atoms with E-state index >= 15 is 0 Å². The van der Waals surface area contributed by atoms with Gasteiger partial charge in [-0.25, -0.2) is 0 Å². The fourth-order valence-corrected chi connectivity index (χ4v) is 7.71. The van der Waals surface area contributed by atoms with Crippen LogP contribution in [-0.2, 0) is 0 Å². The second kappa shape index (κ2) is 11.1. The summed E-state index contributed by atoms with van der Waals surface area (Å²) < 4.78 is 4.69. The summed E-state index contributed by atoms with van der Waals surface area (Å²) in [7, 11) is 0. The predicted molar refractivity (Wildman–Crippen MR) is 208 cm³/mol. The molecule has 232 valence electrons. The van der Waals surface area contributed by atoms with Gasteiger partial charge in [-0.2, -0.15) is 5.26 Å². The van der Waals surface area contributed by atoms with Crippen LogP contribution in [0.15, 0.2) is 176 Å². The fourth-order valence-electron chi connectivity index (χ4n) is 7.71. The monoisotopic (exact) mass is 635 g/mol. The summed E-state index contributed by atoms with van der Waals surface area (Å²) in [6.45, 7) is 0. The van der Waals surface area contributed by atoms with E-state index in [-0.39, 0.29) is 0 Å². The van der Waals surface area contributed by atoms with Crippen molar-refractivity contribution in [2.75, 3.05) is 0 Å². The van der Waals surface area contributed by atoms with E-state index in [1.807, 2.05) is 24.3 Å². The van der Waals surface area contributed by atoms with Crippen LogP contribution in [-0.4, -0.2) is 9.13 Å². The van der Waals surface area contributed by atoms with Crippen LogP contribution in [0.4, 0.5) is 0 Å². The van der Waals surface area contributed by atoms with Crippen LogP contribution < -0.4 is 0 Å². The van der Waals surface area contributed by atoms with Gasteiger partial charge in [0.05, 0.1) is 33.7 Å². The van der Waals surface area contributed by atoms with Gasteiger partial charge in [-0.05, 0) is 99.8 Å². The van der Waals surface area contributed by atoms with Crippen molar-refractivity contribution in [3.63, 3.8) is 0 Å². The SMILES string of the molecule is N#Cc1ccc(-n2c3ccccc3c3cc(-c4ccc(-c5ccc6c7ccccc7n(-c7ccc8ccccc8c7)c6c5)cc4)ccc32)cc1. The van der Waals surface area contributed by atoms with Crippen molar-refractivity contribution in [2.45, 2.75) is 0 Å². The van der Waals surface area contributed by atoms with Crippen molar-refractivity contribution >= 4 is 54.4 Å². The Morgan fingerprint density at radius 3 is 1.58 bits per heavy atom. The number of hydrogen-bond donors (Lipinski definition) is 0. The summed E-state index contributed by atoms with van der Waals surface area (Å²) in [5.41, 5.74) is 12.3. The van der Waals surface area contributed by atoms with Crippen LogP contribution in [0.1, 0.15) is 5.56 Å². The van der Waals surface area contributed by atoms with Gasteiger partial charge >= 0.3 is 0 Å². The number of nitrogens with zero attached hydrogens (tertiary/aromatic N) is 3. The van der Waals surface area contributed by atoms with Gasteiger partial charge in [-0.1, -0.05) is 109 Å². The highest BCUT2D eigenvalue weighted by Crippen LogP contribution is 2.38. The van der Waals surface area contributed by atoms with E-state index in [1.165, 1.54) is 71.3 Å². The standard InChI is InChI=1S/C47H29N3/c48-30-31-13-22-38(23-14-31)49-45-12-6-4-10-41(45)43-28-36(21-26-46(43)49)33-15-17-34(18-16-33)37-20-25-42-40-9-3-5-11-44(40)50(47(42)29-37)39-24-19-32-7-1-2-8-35(32)27-39/h1-29H. The highest BCUT2D eigenvalue weighted by molar-refractivity contribution is 6.11. The number of fused-ring (bicyclic) bond motifs is 7. The van der Waals surface area contributed by atoms with Crippen molar-refractivity contribution in [3.8, 4) is 39.7 Å². The first-order valence-electron chi connectivity index (χ1n) is 16.9. The van der Waals surface area contributed by atoms with Crippen molar-refractivity contribution in [1.82, 2.24) is 9.13 Å². The number of nitriles is 1. The molecule has 0 aliphatic rings. The second-order valence-corrected chi connectivity index (χ2v) is 12.9. The zero-order chi connectivity index (χ0) is 33.2. The Bertz CT molecular complexity index is 2970. The minimum Gasteiger partial charge on any atom is -0.309 e. The molecule has 0 aliphatic heterocycles. The van der Waals surface area contributed by atoms with E-state index in [1.54, 1.807) is 0 Å². The average molecular weight is 636 g/mol. The summed E-state index contributed by atoms with van der Waals surface area (Å²) in [5.74, 6) is 0. The van der Waals surface area contributed by atoms with E-state index in [9.17, 15) is 5.26 Å². The predicted octanol–water partition coefficient (Wildman–Crippen LogP) is 12.2. The van der Waals surface area contributed by atoms with E-state index < -0.39 is 0 Å². The molecule has 8 aromatic carbocycles. The Morgan fingerprint density at radius 1 is 0.340 bits per heavy atom. The van der Waals surface area contributed by atoms with Crippen molar-refractivity contribution in [3.05, 3.63) is 181 Å². The third-order valence-electron chi connectivity index (χ3n) is 10.1. The summed E-state index contributed by atoms with van der Waals surface area (Å²) in [4.78, 5) is 0. The lowest BCUT2D eigenvalue weighted by Gasteiger charge is -2.11. The van der Waals surface area contributed by atoms with Gasteiger partial charge < -0.3 is 9.13 Å². The fraction of sp³-hybridized carbons (Fsp3) is 0. The molecule has 2 heterocycles. The average Bonchev–Trinajstić information content (AvgIpc) is 3.70. The van der Waals surface area contributed by atoms with Crippen molar-refractivity contribution in [2.24, 2.45) is 0 Å². The molecule has 10 aromatic rings. The summed E-state index contributed by atoms with van der Waals surface area (Å²) in [6.07, 6.45) is 0. The maximum absolute atomic E-state index is 9.32. The van der Waals surface area contributed by atoms with Crippen LogP contribution in [0.3, 0.4) is 0 Å². The number of para-hydroxylation sites is 2. The first kappa shape index (κ1) is 28.2. The smallest absolute Gasteiger partial charge is 0.0991 e. The lowest BCUT2D eigenvalue weighted by molar-refractivity contribution is 1.18. The number of rotatable bonds is 4. The molecule has 50 heavy (non-hydrogen) atoms. The van der Waals surface area contributed by atoms with E-state index in [0.29, 0.717) is 5.56 Å². The highest BCUT2D eigenvalue weighted by atomic mass is 15.0. The Labute approximate surface area is 289 Å².